The normalized spacial score (nSPS) is 12.3. The minimum atomic E-state index is -0.102. The number of aromatic nitrogens is 1. The number of hydrogen-bond acceptors (Lipinski definition) is 3. The molecule has 100 valence electrons. The lowest BCUT2D eigenvalue weighted by atomic mass is 10.1. The van der Waals surface area contributed by atoms with Crippen LogP contribution in [-0.2, 0) is 0 Å². The van der Waals surface area contributed by atoms with Crippen molar-refractivity contribution in [3.05, 3.63) is 51.1 Å². The molecule has 0 aliphatic carbocycles. The van der Waals surface area contributed by atoms with E-state index in [0.29, 0.717) is 26.7 Å². The Bertz CT molecular complexity index is 602. The lowest BCUT2D eigenvalue weighted by molar-refractivity contribution is 0.462. The molecule has 2 N–H and O–H groups in total. The summed E-state index contributed by atoms with van der Waals surface area (Å²) in [5.41, 5.74) is 6.72. The minimum Gasteiger partial charge on any atom is -0.437 e. The van der Waals surface area contributed by atoms with Gasteiger partial charge in [0.2, 0.25) is 5.88 Å². The second-order valence-electron chi connectivity index (χ2n) is 4.01. The van der Waals surface area contributed by atoms with Crippen LogP contribution >= 0.6 is 34.8 Å². The molecule has 0 spiro atoms. The van der Waals surface area contributed by atoms with Crippen molar-refractivity contribution in [2.24, 2.45) is 5.73 Å². The molecule has 0 aliphatic heterocycles. The van der Waals surface area contributed by atoms with Gasteiger partial charge in [0.25, 0.3) is 0 Å². The molecule has 0 saturated carbocycles. The summed E-state index contributed by atoms with van der Waals surface area (Å²) in [4.78, 5) is 4.10. The van der Waals surface area contributed by atoms with Crippen molar-refractivity contribution in [1.82, 2.24) is 4.98 Å². The molecule has 2 aromatic rings. The molecule has 0 fully saturated rings. The van der Waals surface area contributed by atoms with Crippen molar-refractivity contribution in [2.75, 3.05) is 0 Å². The average Bonchev–Trinajstić information content (AvgIpc) is 2.36. The zero-order chi connectivity index (χ0) is 14.0. The predicted octanol–water partition coefficient (Wildman–Crippen LogP) is 4.85. The number of nitrogens with two attached hydrogens (primary N) is 1. The Hall–Kier alpha value is -1.000. The molecule has 0 amide bonds. The fourth-order valence-electron chi connectivity index (χ4n) is 1.46. The summed E-state index contributed by atoms with van der Waals surface area (Å²) in [7, 11) is 0. The van der Waals surface area contributed by atoms with Gasteiger partial charge in [-0.2, -0.15) is 0 Å². The Morgan fingerprint density at radius 3 is 2.47 bits per heavy atom. The molecule has 1 atom stereocenters. The summed E-state index contributed by atoms with van der Waals surface area (Å²) in [6.07, 6.45) is 1.62. The van der Waals surface area contributed by atoms with Crippen LogP contribution < -0.4 is 10.5 Å². The maximum Gasteiger partial charge on any atom is 0.219 e. The van der Waals surface area contributed by atoms with E-state index in [1.54, 1.807) is 18.3 Å². The molecule has 6 heteroatoms. The van der Waals surface area contributed by atoms with Gasteiger partial charge in [0.15, 0.2) is 0 Å². The van der Waals surface area contributed by atoms with Crippen molar-refractivity contribution in [2.45, 2.75) is 13.0 Å². The van der Waals surface area contributed by atoms with Crippen LogP contribution in [0.1, 0.15) is 18.5 Å². The summed E-state index contributed by atoms with van der Waals surface area (Å²) in [6, 6.07) is 6.55. The van der Waals surface area contributed by atoms with E-state index in [9.17, 15) is 0 Å². The zero-order valence-corrected chi connectivity index (χ0v) is 12.3. The lowest BCUT2D eigenvalue weighted by Gasteiger charge is -2.10. The van der Waals surface area contributed by atoms with Gasteiger partial charge in [0.05, 0.1) is 15.1 Å². The highest BCUT2D eigenvalue weighted by atomic mass is 35.5. The number of pyridine rings is 1. The molecule has 0 aliphatic rings. The molecule has 1 aromatic carbocycles. The fraction of sp³-hybridized carbons (Fsp3) is 0.154. The number of rotatable bonds is 3. The Kier molecular flexibility index (Phi) is 4.53. The van der Waals surface area contributed by atoms with Crippen LogP contribution in [0.5, 0.6) is 11.6 Å². The molecule has 0 saturated heterocycles. The number of ether oxygens (including phenoxy) is 1. The molecular weight excluding hydrogens is 307 g/mol. The highest BCUT2D eigenvalue weighted by molar-refractivity contribution is 6.43. The van der Waals surface area contributed by atoms with Crippen LogP contribution in [-0.4, -0.2) is 4.98 Å². The van der Waals surface area contributed by atoms with Crippen molar-refractivity contribution in [3.8, 4) is 11.6 Å². The second-order valence-corrected chi connectivity index (χ2v) is 5.24. The molecule has 0 unspecified atom stereocenters. The van der Waals surface area contributed by atoms with E-state index < -0.39 is 0 Å². The monoisotopic (exact) mass is 316 g/mol. The topological polar surface area (TPSA) is 48.1 Å². The van der Waals surface area contributed by atoms with Gasteiger partial charge in [-0.05, 0) is 24.6 Å². The molecule has 19 heavy (non-hydrogen) atoms. The smallest absolute Gasteiger partial charge is 0.219 e. The molecule has 2 rings (SSSR count). The van der Waals surface area contributed by atoms with E-state index in [-0.39, 0.29) is 6.04 Å². The fourth-order valence-corrected chi connectivity index (χ4v) is 2.03. The number of halogens is 3. The van der Waals surface area contributed by atoms with Crippen molar-refractivity contribution in [3.63, 3.8) is 0 Å². The van der Waals surface area contributed by atoms with E-state index in [4.69, 9.17) is 45.3 Å². The largest absolute Gasteiger partial charge is 0.437 e. The number of benzene rings is 1. The quantitative estimate of drug-likeness (QED) is 0.823. The molecule has 1 heterocycles. The summed E-state index contributed by atoms with van der Waals surface area (Å²) in [5.74, 6) is 0.792. The van der Waals surface area contributed by atoms with Crippen molar-refractivity contribution < 1.29 is 4.74 Å². The van der Waals surface area contributed by atoms with Gasteiger partial charge < -0.3 is 10.5 Å². The van der Waals surface area contributed by atoms with E-state index in [1.807, 2.05) is 13.0 Å². The molecule has 0 bridgehead atoms. The first kappa shape index (κ1) is 14.4. The van der Waals surface area contributed by atoms with Gasteiger partial charge >= 0.3 is 0 Å². The SMILES string of the molecule is C[C@@H](N)c1ccnc(Oc2cc(Cl)c(Cl)cc2Cl)c1. The Balaban J connectivity index is 2.31. The van der Waals surface area contributed by atoms with E-state index >= 15 is 0 Å². The Morgan fingerprint density at radius 2 is 1.79 bits per heavy atom. The van der Waals surface area contributed by atoms with Crippen LogP contribution in [0.3, 0.4) is 0 Å². The highest BCUT2D eigenvalue weighted by Gasteiger charge is 2.10. The van der Waals surface area contributed by atoms with Crippen LogP contribution in [0.25, 0.3) is 0 Å². The number of nitrogens with zero attached hydrogens (tertiary/aromatic N) is 1. The van der Waals surface area contributed by atoms with Crippen molar-refractivity contribution in [1.29, 1.82) is 0 Å². The predicted molar refractivity (Wildman–Crippen MR) is 78.4 cm³/mol. The van der Waals surface area contributed by atoms with Crippen LogP contribution in [0.15, 0.2) is 30.5 Å². The van der Waals surface area contributed by atoms with E-state index in [0.717, 1.165) is 5.56 Å². The van der Waals surface area contributed by atoms with E-state index in [2.05, 4.69) is 4.98 Å². The maximum atomic E-state index is 6.03. The Labute approximate surface area is 126 Å². The molecule has 1 aromatic heterocycles. The lowest BCUT2D eigenvalue weighted by Crippen LogP contribution is -2.05. The zero-order valence-electron chi connectivity index (χ0n) is 10.0. The first-order valence-electron chi connectivity index (χ1n) is 5.51. The van der Waals surface area contributed by atoms with Crippen molar-refractivity contribution >= 4 is 34.8 Å². The van der Waals surface area contributed by atoms with Gasteiger partial charge in [0, 0.05) is 24.4 Å². The van der Waals surface area contributed by atoms with Crippen LogP contribution in [0, 0.1) is 0 Å². The molecule has 0 radical (unpaired) electrons. The third-order valence-corrected chi connectivity index (χ3v) is 3.49. The van der Waals surface area contributed by atoms with Gasteiger partial charge in [0.1, 0.15) is 5.75 Å². The molecule has 3 nitrogen and oxygen atoms in total. The summed E-state index contributed by atoms with van der Waals surface area (Å²) < 4.78 is 5.59. The highest BCUT2D eigenvalue weighted by Crippen LogP contribution is 2.36. The van der Waals surface area contributed by atoms with Gasteiger partial charge in [-0.1, -0.05) is 34.8 Å². The number of hydrogen-bond donors (Lipinski definition) is 1. The third-order valence-electron chi connectivity index (χ3n) is 2.47. The van der Waals surface area contributed by atoms with E-state index in [1.165, 1.54) is 6.07 Å². The average molecular weight is 318 g/mol. The van der Waals surface area contributed by atoms with Gasteiger partial charge in [-0.15, -0.1) is 0 Å². The summed E-state index contributed by atoms with van der Waals surface area (Å²) in [5, 5.41) is 1.10. The minimum absolute atomic E-state index is 0.102. The first-order valence-corrected chi connectivity index (χ1v) is 6.64. The first-order chi connectivity index (χ1) is 8.97. The summed E-state index contributed by atoms with van der Waals surface area (Å²) in [6.45, 7) is 1.88. The maximum absolute atomic E-state index is 6.03. The van der Waals surface area contributed by atoms with Crippen LogP contribution in [0.2, 0.25) is 15.1 Å². The molecular formula is C13H11Cl3N2O. The van der Waals surface area contributed by atoms with Gasteiger partial charge in [-0.3, -0.25) is 0 Å². The second kappa shape index (κ2) is 5.97. The third kappa shape index (κ3) is 3.51. The van der Waals surface area contributed by atoms with Crippen LogP contribution in [0.4, 0.5) is 0 Å². The standard InChI is InChI=1S/C13H11Cl3N2O/c1-7(17)8-2-3-18-13(4-8)19-12-6-10(15)9(14)5-11(12)16/h2-7H,17H2,1H3/t7-/m1/s1. The summed E-state index contributed by atoms with van der Waals surface area (Å²) >= 11 is 17.8. The van der Waals surface area contributed by atoms with Gasteiger partial charge in [-0.25, -0.2) is 4.98 Å². The Morgan fingerprint density at radius 1 is 1.11 bits per heavy atom.